The summed E-state index contributed by atoms with van der Waals surface area (Å²) in [6.45, 7) is 3.27. The van der Waals surface area contributed by atoms with Gasteiger partial charge in [0.05, 0.1) is 5.92 Å². The molecule has 3 fully saturated rings. The Kier molecular flexibility index (Phi) is 5.00. The van der Waals surface area contributed by atoms with Crippen molar-refractivity contribution in [3.8, 4) is 0 Å². The molecule has 4 atom stereocenters. The zero-order valence-electron chi connectivity index (χ0n) is 14.1. The fraction of sp³-hybridized carbons (Fsp3) is 0.842. The van der Waals surface area contributed by atoms with Crippen molar-refractivity contribution < 1.29 is 4.79 Å². The van der Waals surface area contributed by atoms with E-state index in [1.165, 1.54) is 56.3 Å². The summed E-state index contributed by atoms with van der Waals surface area (Å²) in [5.74, 6) is 3.03. The molecule has 0 radical (unpaired) electrons. The van der Waals surface area contributed by atoms with Gasteiger partial charge in [-0.1, -0.05) is 18.9 Å². The highest BCUT2D eigenvalue weighted by Gasteiger charge is 2.39. The molecule has 3 nitrogen and oxygen atoms in total. The summed E-state index contributed by atoms with van der Waals surface area (Å²) in [4.78, 5) is 16.9. The fourth-order valence-corrected chi connectivity index (χ4v) is 6.39. The molecule has 23 heavy (non-hydrogen) atoms. The number of hydrogen-bond donors (Lipinski definition) is 1. The lowest BCUT2D eigenvalue weighted by molar-refractivity contribution is -0.139. The minimum Gasteiger partial charge on any atom is -0.339 e. The van der Waals surface area contributed by atoms with Crippen molar-refractivity contribution in [2.24, 2.45) is 17.8 Å². The molecule has 0 aromatic heterocycles. The molecule has 0 aromatic carbocycles. The second-order valence-electron chi connectivity index (χ2n) is 7.82. The highest BCUT2D eigenvalue weighted by atomic mass is 32.2. The number of likely N-dealkylation sites (tertiary alicyclic amines) is 1. The predicted molar refractivity (Wildman–Crippen MR) is 96.3 cm³/mol. The first-order valence-electron chi connectivity index (χ1n) is 9.68. The van der Waals surface area contributed by atoms with Crippen LogP contribution in [-0.4, -0.2) is 42.2 Å². The third-order valence-electron chi connectivity index (χ3n) is 6.34. The van der Waals surface area contributed by atoms with E-state index in [0.717, 1.165) is 31.3 Å². The molecule has 4 aliphatic rings. The zero-order chi connectivity index (χ0) is 15.6. The largest absolute Gasteiger partial charge is 0.339 e. The second-order valence-corrected chi connectivity index (χ2v) is 8.91. The van der Waals surface area contributed by atoms with Gasteiger partial charge in [0.2, 0.25) is 5.91 Å². The molecule has 0 spiro atoms. The molecule has 3 heterocycles. The molecular formula is C19H30N2OS. The molecule has 4 unspecified atom stereocenters. The topological polar surface area (TPSA) is 32.3 Å². The number of amides is 1. The van der Waals surface area contributed by atoms with Crippen LogP contribution in [-0.2, 0) is 4.79 Å². The maximum atomic E-state index is 13.1. The van der Waals surface area contributed by atoms with Crippen molar-refractivity contribution in [2.45, 2.75) is 57.4 Å². The van der Waals surface area contributed by atoms with Gasteiger partial charge in [-0.05, 0) is 55.9 Å². The van der Waals surface area contributed by atoms with Crippen LogP contribution in [0.15, 0.2) is 11.0 Å². The summed E-state index contributed by atoms with van der Waals surface area (Å²) in [5.41, 5.74) is 0. The van der Waals surface area contributed by atoms with Crippen LogP contribution in [0.3, 0.4) is 0 Å². The molecule has 4 heteroatoms. The molecule has 0 bridgehead atoms. The Hall–Kier alpha value is -0.480. The first-order chi connectivity index (χ1) is 11.3. The maximum absolute atomic E-state index is 13.1. The Labute approximate surface area is 144 Å². The number of carbonyl (C=O) groups is 1. The Morgan fingerprint density at radius 1 is 1.13 bits per heavy atom. The quantitative estimate of drug-likeness (QED) is 0.840. The smallest absolute Gasteiger partial charge is 0.230 e. The Morgan fingerprint density at radius 3 is 2.87 bits per heavy atom. The Morgan fingerprint density at radius 2 is 2.00 bits per heavy atom. The minimum atomic E-state index is 0.151. The lowest BCUT2D eigenvalue weighted by Crippen LogP contribution is -2.51. The Bertz CT molecular complexity index is 470. The first kappa shape index (κ1) is 16.0. The molecular weight excluding hydrogens is 304 g/mol. The number of fused-ring (bicyclic) bond motifs is 1. The van der Waals surface area contributed by atoms with E-state index in [1.807, 2.05) is 11.8 Å². The van der Waals surface area contributed by atoms with E-state index >= 15 is 0 Å². The van der Waals surface area contributed by atoms with Crippen LogP contribution in [0.5, 0.6) is 0 Å². The summed E-state index contributed by atoms with van der Waals surface area (Å²) in [6.07, 6.45) is 12.8. The fourth-order valence-electron chi connectivity index (χ4n) is 5.08. The van der Waals surface area contributed by atoms with Crippen molar-refractivity contribution in [2.75, 3.05) is 25.4 Å². The van der Waals surface area contributed by atoms with Crippen LogP contribution >= 0.6 is 11.8 Å². The van der Waals surface area contributed by atoms with Gasteiger partial charge in [-0.2, -0.15) is 0 Å². The molecule has 128 valence electrons. The van der Waals surface area contributed by atoms with Gasteiger partial charge in [-0.3, -0.25) is 4.79 Å². The average molecular weight is 335 g/mol. The molecule has 2 saturated heterocycles. The van der Waals surface area contributed by atoms with Gasteiger partial charge in [0.25, 0.3) is 0 Å². The van der Waals surface area contributed by atoms with Crippen LogP contribution in [0.25, 0.3) is 0 Å². The van der Waals surface area contributed by atoms with E-state index in [9.17, 15) is 4.79 Å². The number of nitrogens with zero attached hydrogens (tertiary/aromatic N) is 1. The van der Waals surface area contributed by atoms with Gasteiger partial charge in [0.1, 0.15) is 0 Å². The molecule has 1 N–H and O–H groups in total. The number of thioether (sulfide) groups is 1. The van der Waals surface area contributed by atoms with Gasteiger partial charge in [-0.25, -0.2) is 0 Å². The molecule has 0 aromatic rings. The highest BCUT2D eigenvalue weighted by Crippen LogP contribution is 2.40. The van der Waals surface area contributed by atoms with Crippen molar-refractivity contribution in [3.05, 3.63) is 11.0 Å². The second kappa shape index (κ2) is 7.18. The molecule has 3 aliphatic heterocycles. The lowest BCUT2D eigenvalue weighted by Gasteiger charge is -2.44. The van der Waals surface area contributed by atoms with Crippen molar-refractivity contribution in [1.29, 1.82) is 0 Å². The number of hydrogen-bond acceptors (Lipinski definition) is 3. The summed E-state index contributed by atoms with van der Waals surface area (Å²) in [5, 5.41) is 3.51. The summed E-state index contributed by atoms with van der Waals surface area (Å²) < 4.78 is 0. The zero-order valence-corrected chi connectivity index (χ0v) is 15.0. The normalized spacial score (nSPS) is 38.1. The van der Waals surface area contributed by atoms with Crippen LogP contribution in [0.4, 0.5) is 0 Å². The van der Waals surface area contributed by atoms with E-state index in [-0.39, 0.29) is 5.92 Å². The van der Waals surface area contributed by atoms with Crippen molar-refractivity contribution in [1.82, 2.24) is 10.2 Å². The van der Waals surface area contributed by atoms with Gasteiger partial charge >= 0.3 is 0 Å². The first-order valence-corrected chi connectivity index (χ1v) is 10.7. The number of carbonyl (C=O) groups excluding carboxylic acids is 1. The third kappa shape index (κ3) is 3.34. The maximum Gasteiger partial charge on any atom is 0.230 e. The van der Waals surface area contributed by atoms with Gasteiger partial charge in [-0.15, -0.1) is 11.8 Å². The third-order valence-corrected chi connectivity index (χ3v) is 7.67. The summed E-state index contributed by atoms with van der Waals surface area (Å²) in [6, 6.07) is 0.559. The highest BCUT2D eigenvalue weighted by molar-refractivity contribution is 8.03. The average Bonchev–Trinajstić information content (AvgIpc) is 3.11. The lowest BCUT2D eigenvalue weighted by atomic mass is 9.78. The number of piperidine rings is 2. The van der Waals surface area contributed by atoms with E-state index < -0.39 is 0 Å². The SMILES string of the molecule is O=C(C1C=C(C2CCCNC2)SC1)N1CCCC2CCCCC21. The van der Waals surface area contributed by atoms with Gasteiger partial charge in [0.15, 0.2) is 0 Å². The standard InChI is InChI=1S/C19H30N2OS/c22-19(21-10-4-7-14-5-1-2-8-17(14)21)16-11-18(23-13-16)15-6-3-9-20-12-15/h11,14-17,20H,1-10,12-13H2. The predicted octanol–water partition coefficient (Wildman–Crippen LogP) is 3.41. The van der Waals surface area contributed by atoms with E-state index in [2.05, 4.69) is 16.3 Å². The van der Waals surface area contributed by atoms with Crippen LogP contribution in [0.2, 0.25) is 0 Å². The monoisotopic (exact) mass is 334 g/mol. The molecule has 1 amide bonds. The van der Waals surface area contributed by atoms with Crippen LogP contribution in [0, 0.1) is 17.8 Å². The molecule has 1 aliphatic carbocycles. The van der Waals surface area contributed by atoms with Crippen LogP contribution < -0.4 is 5.32 Å². The van der Waals surface area contributed by atoms with Crippen molar-refractivity contribution >= 4 is 17.7 Å². The van der Waals surface area contributed by atoms with Crippen LogP contribution in [0.1, 0.15) is 51.4 Å². The summed E-state index contributed by atoms with van der Waals surface area (Å²) in [7, 11) is 0. The van der Waals surface area contributed by atoms with Gasteiger partial charge in [0, 0.05) is 30.8 Å². The van der Waals surface area contributed by atoms with Gasteiger partial charge < -0.3 is 10.2 Å². The summed E-state index contributed by atoms with van der Waals surface area (Å²) >= 11 is 1.95. The van der Waals surface area contributed by atoms with E-state index in [1.54, 1.807) is 0 Å². The minimum absolute atomic E-state index is 0.151. The number of rotatable bonds is 2. The number of nitrogens with one attached hydrogen (secondary N) is 1. The molecule has 1 saturated carbocycles. The van der Waals surface area contributed by atoms with Crippen molar-refractivity contribution in [3.63, 3.8) is 0 Å². The Balaban J connectivity index is 1.43. The van der Waals surface area contributed by atoms with E-state index in [4.69, 9.17) is 0 Å². The molecule has 4 rings (SSSR count). The van der Waals surface area contributed by atoms with E-state index in [0.29, 0.717) is 17.9 Å².